The molecule has 4 nitrogen and oxygen atoms in total. The lowest BCUT2D eigenvalue weighted by Gasteiger charge is -2.23. The Morgan fingerprint density at radius 1 is 1.17 bits per heavy atom. The summed E-state index contributed by atoms with van der Waals surface area (Å²) in [7, 11) is 1.87. The Hall–Kier alpha value is -2.10. The van der Waals surface area contributed by atoms with Gasteiger partial charge in [0.05, 0.1) is 11.4 Å². The Kier molecular flexibility index (Phi) is 4.93. The summed E-state index contributed by atoms with van der Waals surface area (Å²) in [6.45, 7) is 10.9. The monoisotopic (exact) mass is 313 g/mol. The van der Waals surface area contributed by atoms with Crippen LogP contribution in [-0.4, -0.2) is 27.6 Å². The number of amides is 1. The molecule has 0 aliphatic carbocycles. The van der Waals surface area contributed by atoms with E-state index in [-0.39, 0.29) is 11.3 Å². The number of hydrogen-bond donors (Lipinski definition) is 0. The van der Waals surface area contributed by atoms with E-state index in [2.05, 4.69) is 32.8 Å². The van der Waals surface area contributed by atoms with Crippen LogP contribution in [0.15, 0.2) is 30.3 Å². The minimum absolute atomic E-state index is 0.00362. The predicted molar refractivity (Wildman–Crippen MR) is 93.6 cm³/mol. The van der Waals surface area contributed by atoms with Gasteiger partial charge in [0.2, 0.25) is 5.91 Å². The molecule has 0 radical (unpaired) electrons. The molecule has 1 aromatic heterocycles. The fourth-order valence-corrected chi connectivity index (χ4v) is 2.64. The van der Waals surface area contributed by atoms with E-state index in [1.54, 1.807) is 4.90 Å². The highest BCUT2D eigenvalue weighted by Gasteiger charge is 2.21. The lowest BCUT2D eigenvalue weighted by Crippen LogP contribution is -2.30. The topological polar surface area (TPSA) is 38.1 Å². The predicted octanol–water partition coefficient (Wildman–Crippen LogP) is 3.88. The number of hydrogen-bond acceptors (Lipinski definition) is 2. The van der Waals surface area contributed by atoms with Crippen LogP contribution in [0.4, 0.5) is 0 Å². The van der Waals surface area contributed by atoms with Crippen LogP contribution in [0.3, 0.4) is 0 Å². The van der Waals surface area contributed by atoms with Crippen molar-refractivity contribution in [1.29, 1.82) is 0 Å². The first-order valence-electron chi connectivity index (χ1n) is 8.03. The van der Waals surface area contributed by atoms with Gasteiger partial charge in [0.15, 0.2) is 0 Å². The van der Waals surface area contributed by atoms with E-state index in [0.717, 1.165) is 22.6 Å². The van der Waals surface area contributed by atoms with Crippen molar-refractivity contribution in [2.75, 3.05) is 7.05 Å². The van der Waals surface area contributed by atoms with E-state index < -0.39 is 0 Å². The van der Waals surface area contributed by atoms with E-state index >= 15 is 0 Å². The normalized spacial score (nSPS) is 11.6. The van der Waals surface area contributed by atoms with Gasteiger partial charge < -0.3 is 4.90 Å². The van der Waals surface area contributed by atoms with Crippen LogP contribution >= 0.6 is 0 Å². The van der Waals surface area contributed by atoms with Gasteiger partial charge in [-0.1, -0.05) is 39.0 Å². The summed E-state index contributed by atoms with van der Waals surface area (Å²) in [5.41, 5.74) is 4.23. The second-order valence-corrected chi connectivity index (χ2v) is 7.38. The molecule has 23 heavy (non-hydrogen) atoms. The summed E-state index contributed by atoms with van der Waals surface area (Å²) in [5.74, 6) is 0.170. The summed E-state index contributed by atoms with van der Waals surface area (Å²) < 4.78 is 1.95. The van der Waals surface area contributed by atoms with Gasteiger partial charge in [-0.05, 0) is 31.4 Å². The summed E-state index contributed by atoms with van der Waals surface area (Å²) >= 11 is 0. The molecular weight excluding hydrogens is 286 g/mol. The lowest BCUT2D eigenvalue weighted by atomic mass is 9.91. The number of aryl methyl sites for hydroxylation is 1. The summed E-state index contributed by atoms with van der Waals surface area (Å²) in [5, 5.41) is 4.65. The van der Waals surface area contributed by atoms with Crippen molar-refractivity contribution in [3.8, 4) is 5.69 Å². The van der Waals surface area contributed by atoms with Crippen LogP contribution in [0.1, 0.15) is 44.1 Å². The zero-order valence-electron chi connectivity index (χ0n) is 15.1. The Bertz CT molecular complexity index is 681. The summed E-state index contributed by atoms with van der Waals surface area (Å²) in [4.78, 5) is 14.2. The zero-order chi connectivity index (χ0) is 17.2. The number of carbonyl (C=O) groups excluding carboxylic acids is 1. The fraction of sp³-hybridized carbons (Fsp3) is 0.474. The number of benzene rings is 1. The minimum atomic E-state index is 0.00362. The second kappa shape index (κ2) is 6.57. The lowest BCUT2D eigenvalue weighted by molar-refractivity contribution is -0.132. The van der Waals surface area contributed by atoms with E-state index in [0.29, 0.717) is 13.0 Å². The molecule has 0 fully saturated rings. The third-order valence-corrected chi connectivity index (χ3v) is 3.94. The molecule has 0 atom stereocenters. The van der Waals surface area contributed by atoms with E-state index in [1.165, 1.54) is 0 Å². The maximum absolute atomic E-state index is 12.4. The number of nitrogens with zero attached hydrogens (tertiary/aromatic N) is 3. The van der Waals surface area contributed by atoms with Crippen LogP contribution in [0.2, 0.25) is 0 Å². The molecule has 0 spiro atoms. The third-order valence-electron chi connectivity index (χ3n) is 3.94. The standard InChI is InChI=1S/C19H27N3O/c1-14-17(13-21(6)18(23)12-19(3,4)5)15(2)22(20-14)16-10-8-7-9-11-16/h7-11H,12-13H2,1-6H3. The first-order chi connectivity index (χ1) is 10.7. The molecule has 4 heteroatoms. The summed E-state index contributed by atoms with van der Waals surface area (Å²) in [6.07, 6.45) is 0.550. The molecule has 1 aromatic carbocycles. The van der Waals surface area contributed by atoms with Crippen LogP contribution in [0.25, 0.3) is 5.69 Å². The molecule has 0 aliphatic rings. The van der Waals surface area contributed by atoms with Gasteiger partial charge in [-0.25, -0.2) is 4.68 Å². The largest absolute Gasteiger partial charge is 0.341 e. The van der Waals surface area contributed by atoms with Crippen molar-refractivity contribution in [1.82, 2.24) is 14.7 Å². The van der Waals surface area contributed by atoms with Gasteiger partial charge >= 0.3 is 0 Å². The minimum Gasteiger partial charge on any atom is -0.341 e. The molecule has 124 valence electrons. The second-order valence-electron chi connectivity index (χ2n) is 7.38. The molecule has 0 bridgehead atoms. The Balaban J connectivity index is 2.21. The van der Waals surface area contributed by atoms with Gasteiger partial charge in [0, 0.05) is 31.3 Å². The Morgan fingerprint density at radius 3 is 2.35 bits per heavy atom. The van der Waals surface area contributed by atoms with Gasteiger partial charge in [0.1, 0.15) is 0 Å². The van der Waals surface area contributed by atoms with Gasteiger partial charge in [-0.2, -0.15) is 5.10 Å². The van der Waals surface area contributed by atoms with E-state index in [4.69, 9.17) is 0 Å². The molecule has 0 N–H and O–H groups in total. The molecule has 2 rings (SSSR count). The average Bonchev–Trinajstić information content (AvgIpc) is 2.74. The number of para-hydroxylation sites is 1. The van der Waals surface area contributed by atoms with E-state index in [9.17, 15) is 4.79 Å². The summed E-state index contributed by atoms with van der Waals surface area (Å²) in [6, 6.07) is 10.1. The molecule has 0 saturated heterocycles. The highest BCUT2D eigenvalue weighted by Crippen LogP contribution is 2.22. The van der Waals surface area contributed by atoms with Gasteiger partial charge in [-0.3, -0.25) is 4.79 Å². The Labute approximate surface area is 139 Å². The van der Waals surface area contributed by atoms with Crippen molar-refractivity contribution in [3.05, 3.63) is 47.3 Å². The van der Waals surface area contributed by atoms with Crippen LogP contribution in [-0.2, 0) is 11.3 Å². The number of carbonyl (C=O) groups is 1. The molecule has 1 heterocycles. The highest BCUT2D eigenvalue weighted by molar-refractivity contribution is 5.76. The third kappa shape index (κ3) is 4.21. The molecule has 0 aliphatic heterocycles. The number of aromatic nitrogens is 2. The fourth-order valence-electron chi connectivity index (χ4n) is 2.64. The van der Waals surface area contributed by atoms with Crippen LogP contribution < -0.4 is 0 Å². The Morgan fingerprint density at radius 2 is 1.78 bits per heavy atom. The quantitative estimate of drug-likeness (QED) is 0.859. The molecule has 0 unspecified atom stereocenters. The van der Waals surface area contributed by atoms with Crippen molar-refractivity contribution in [3.63, 3.8) is 0 Å². The van der Waals surface area contributed by atoms with E-state index in [1.807, 2.05) is 49.0 Å². The first-order valence-corrected chi connectivity index (χ1v) is 8.03. The average molecular weight is 313 g/mol. The van der Waals surface area contributed by atoms with Crippen LogP contribution in [0.5, 0.6) is 0 Å². The maximum Gasteiger partial charge on any atom is 0.223 e. The van der Waals surface area contributed by atoms with Crippen LogP contribution in [0, 0.1) is 19.3 Å². The molecule has 2 aromatic rings. The zero-order valence-corrected chi connectivity index (χ0v) is 15.1. The van der Waals surface area contributed by atoms with Crippen molar-refractivity contribution in [2.45, 2.75) is 47.6 Å². The van der Waals surface area contributed by atoms with Crippen molar-refractivity contribution >= 4 is 5.91 Å². The van der Waals surface area contributed by atoms with Crippen molar-refractivity contribution in [2.24, 2.45) is 5.41 Å². The number of rotatable bonds is 4. The first kappa shape index (κ1) is 17.3. The SMILES string of the molecule is Cc1nn(-c2ccccc2)c(C)c1CN(C)C(=O)CC(C)(C)C. The van der Waals surface area contributed by atoms with Gasteiger partial charge in [-0.15, -0.1) is 0 Å². The maximum atomic E-state index is 12.4. The van der Waals surface area contributed by atoms with Gasteiger partial charge in [0.25, 0.3) is 0 Å². The highest BCUT2D eigenvalue weighted by atomic mass is 16.2. The van der Waals surface area contributed by atoms with Crippen molar-refractivity contribution < 1.29 is 4.79 Å². The molecule has 1 amide bonds. The molecule has 0 saturated carbocycles. The smallest absolute Gasteiger partial charge is 0.223 e. The molecular formula is C19H27N3O.